The summed E-state index contributed by atoms with van der Waals surface area (Å²) in [6.07, 6.45) is 6.74. The van der Waals surface area contributed by atoms with Gasteiger partial charge in [0.25, 0.3) is 5.91 Å². The lowest BCUT2D eigenvalue weighted by molar-refractivity contribution is -0.115. The minimum atomic E-state index is -0.0844. The topological polar surface area (TPSA) is 76.5 Å². The first-order chi connectivity index (χ1) is 17.5. The van der Waals surface area contributed by atoms with Crippen LogP contribution in [-0.2, 0) is 23.0 Å². The van der Waals surface area contributed by atoms with Crippen LogP contribution in [0.3, 0.4) is 0 Å². The number of aromatic nitrogens is 2. The number of hydrogen-bond donors (Lipinski definition) is 1. The van der Waals surface area contributed by atoms with Gasteiger partial charge in [0.05, 0.1) is 22.7 Å². The van der Waals surface area contributed by atoms with Gasteiger partial charge in [0.1, 0.15) is 5.82 Å². The van der Waals surface area contributed by atoms with E-state index in [1.54, 1.807) is 0 Å². The number of fused-ring (bicyclic) bond motifs is 1. The van der Waals surface area contributed by atoms with Crippen LogP contribution in [0.25, 0.3) is 11.0 Å². The van der Waals surface area contributed by atoms with E-state index in [-0.39, 0.29) is 17.9 Å². The van der Waals surface area contributed by atoms with Gasteiger partial charge in [-0.05, 0) is 49.3 Å². The van der Waals surface area contributed by atoms with Crippen LogP contribution in [0.2, 0.25) is 0 Å². The smallest absolute Gasteiger partial charge is 0.256 e. The number of anilines is 1. The highest BCUT2D eigenvalue weighted by Crippen LogP contribution is 2.31. The fourth-order valence-corrected chi connectivity index (χ4v) is 5.25. The molecule has 1 unspecified atom stereocenters. The van der Waals surface area contributed by atoms with E-state index in [9.17, 15) is 9.59 Å². The molecule has 7 nitrogen and oxygen atoms in total. The van der Waals surface area contributed by atoms with Gasteiger partial charge >= 0.3 is 0 Å². The molecule has 1 atom stereocenters. The Morgan fingerprint density at radius 2 is 1.92 bits per heavy atom. The second-order valence-corrected chi connectivity index (χ2v) is 10.2. The molecule has 190 valence electrons. The molecule has 2 aliphatic rings. The summed E-state index contributed by atoms with van der Waals surface area (Å²) in [6, 6.07) is 13.9. The molecule has 1 aromatic heterocycles. The number of imidazole rings is 1. The molecule has 0 spiro atoms. The average Bonchev–Trinajstić information content (AvgIpc) is 3.48. The normalized spacial score (nSPS) is 17.8. The van der Waals surface area contributed by atoms with E-state index in [0.717, 1.165) is 48.4 Å². The molecule has 1 aliphatic heterocycles. The molecule has 1 saturated carbocycles. The number of rotatable bonds is 9. The summed E-state index contributed by atoms with van der Waals surface area (Å²) in [5.74, 6) is 1.34. The first kappa shape index (κ1) is 24.5. The molecule has 1 saturated heterocycles. The van der Waals surface area contributed by atoms with Crippen LogP contribution in [0.4, 0.5) is 5.69 Å². The second kappa shape index (κ2) is 10.8. The van der Waals surface area contributed by atoms with E-state index >= 15 is 0 Å². The average molecular weight is 489 g/mol. The minimum Gasteiger partial charge on any atom is -0.376 e. The summed E-state index contributed by atoms with van der Waals surface area (Å²) >= 11 is 0. The second-order valence-electron chi connectivity index (χ2n) is 10.2. The molecule has 36 heavy (non-hydrogen) atoms. The molecular weight excluding hydrogens is 452 g/mol. The quantitative estimate of drug-likeness (QED) is 0.463. The van der Waals surface area contributed by atoms with Gasteiger partial charge in [-0.25, -0.2) is 4.98 Å². The number of benzene rings is 2. The van der Waals surface area contributed by atoms with E-state index in [0.29, 0.717) is 36.6 Å². The molecule has 1 aliphatic carbocycles. The van der Waals surface area contributed by atoms with Crippen LogP contribution < -0.4 is 5.32 Å². The summed E-state index contributed by atoms with van der Waals surface area (Å²) in [4.78, 5) is 33.3. The highest BCUT2D eigenvalue weighted by atomic mass is 16.5. The number of hydrogen-bond acceptors (Lipinski definition) is 4. The van der Waals surface area contributed by atoms with Crippen molar-refractivity contribution in [2.24, 2.45) is 13.0 Å². The SMILES string of the molecule is CCC(=O)Nc1cc(C(=O)N(CC2CCC2)CC2CCCO2)c2c(c1)nc(Cc1ccccc1)n2C. The number of carbonyl (C=O) groups is 2. The van der Waals surface area contributed by atoms with Crippen LogP contribution in [0.15, 0.2) is 42.5 Å². The Balaban J connectivity index is 1.54. The van der Waals surface area contributed by atoms with Gasteiger partial charge in [0.2, 0.25) is 5.91 Å². The number of nitrogens with one attached hydrogen (secondary N) is 1. The zero-order valence-corrected chi connectivity index (χ0v) is 21.3. The molecule has 3 aromatic rings. The predicted molar refractivity (Wildman–Crippen MR) is 141 cm³/mol. The van der Waals surface area contributed by atoms with E-state index < -0.39 is 0 Å². The van der Waals surface area contributed by atoms with Crippen LogP contribution >= 0.6 is 0 Å². The van der Waals surface area contributed by atoms with E-state index in [1.165, 1.54) is 19.3 Å². The Bertz CT molecular complexity index is 1230. The van der Waals surface area contributed by atoms with Crippen molar-refractivity contribution in [2.45, 2.75) is 58.0 Å². The van der Waals surface area contributed by atoms with Crippen LogP contribution in [0, 0.1) is 5.92 Å². The molecule has 0 bridgehead atoms. The Labute approximate surface area is 212 Å². The van der Waals surface area contributed by atoms with Crippen molar-refractivity contribution in [1.29, 1.82) is 0 Å². The van der Waals surface area contributed by atoms with Gasteiger partial charge in [-0.3, -0.25) is 9.59 Å². The Hall–Kier alpha value is -3.19. The maximum Gasteiger partial charge on any atom is 0.256 e. The van der Waals surface area contributed by atoms with Crippen LogP contribution in [-0.4, -0.2) is 52.1 Å². The molecule has 5 rings (SSSR count). The molecule has 2 heterocycles. The maximum atomic E-state index is 14.2. The first-order valence-electron chi connectivity index (χ1n) is 13.3. The van der Waals surface area contributed by atoms with Gasteiger partial charge in [-0.15, -0.1) is 0 Å². The van der Waals surface area contributed by atoms with Crippen molar-refractivity contribution in [3.05, 3.63) is 59.4 Å². The third kappa shape index (κ3) is 5.31. The minimum absolute atomic E-state index is 0.00995. The summed E-state index contributed by atoms with van der Waals surface area (Å²) in [5, 5.41) is 2.95. The van der Waals surface area contributed by atoms with Crippen LogP contribution in [0.1, 0.15) is 67.2 Å². The zero-order valence-electron chi connectivity index (χ0n) is 21.3. The van der Waals surface area contributed by atoms with E-state index in [1.807, 2.05) is 53.8 Å². The monoisotopic (exact) mass is 488 g/mol. The van der Waals surface area contributed by atoms with Crippen molar-refractivity contribution in [3.63, 3.8) is 0 Å². The lowest BCUT2D eigenvalue weighted by Crippen LogP contribution is -2.42. The Morgan fingerprint density at radius 3 is 2.58 bits per heavy atom. The number of aryl methyl sites for hydroxylation is 1. The number of carbonyl (C=O) groups excluding carboxylic acids is 2. The Kier molecular flexibility index (Phi) is 7.37. The van der Waals surface area contributed by atoms with Gasteiger partial charge in [-0.1, -0.05) is 43.7 Å². The summed E-state index contributed by atoms with van der Waals surface area (Å²) in [5.41, 5.74) is 3.90. The first-order valence-corrected chi connectivity index (χ1v) is 13.3. The zero-order chi connectivity index (χ0) is 25.1. The predicted octanol–water partition coefficient (Wildman–Crippen LogP) is 4.93. The van der Waals surface area contributed by atoms with Gasteiger partial charge in [0.15, 0.2) is 0 Å². The third-order valence-corrected chi connectivity index (χ3v) is 7.54. The molecule has 1 N–H and O–H groups in total. The molecule has 0 radical (unpaired) electrons. The number of ether oxygens (including phenoxy) is 1. The molecule has 7 heteroatoms. The lowest BCUT2D eigenvalue weighted by atomic mass is 9.85. The van der Waals surface area contributed by atoms with Crippen molar-refractivity contribution in [3.8, 4) is 0 Å². The maximum absolute atomic E-state index is 14.2. The van der Waals surface area contributed by atoms with Gasteiger partial charge in [-0.2, -0.15) is 0 Å². The fourth-order valence-electron chi connectivity index (χ4n) is 5.25. The lowest BCUT2D eigenvalue weighted by Gasteiger charge is -2.34. The number of amides is 2. The highest BCUT2D eigenvalue weighted by Gasteiger charge is 2.30. The Morgan fingerprint density at radius 1 is 1.11 bits per heavy atom. The molecule has 2 aromatic carbocycles. The fraction of sp³-hybridized carbons (Fsp3) is 0.483. The van der Waals surface area contributed by atoms with Gasteiger partial charge < -0.3 is 19.5 Å². The third-order valence-electron chi connectivity index (χ3n) is 7.54. The van der Waals surface area contributed by atoms with Crippen LogP contribution in [0.5, 0.6) is 0 Å². The largest absolute Gasteiger partial charge is 0.376 e. The standard InChI is InChI=1S/C29H36N4O3/c1-3-27(34)30-22-16-24(29(35)33(18-21-11-7-12-21)19-23-13-8-14-36-23)28-25(17-22)31-26(32(28)2)15-20-9-5-4-6-10-20/h4-6,9-10,16-17,21,23H,3,7-8,11-15,18-19H2,1-2H3,(H,30,34). The van der Waals surface area contributed by atoms with E-state index in [2.05, 4.69) is 17.4 Å². The van der Waals surface area contributed by atoms with Crippen molar-refractivity contribution in [1.82, 2.24) is 14.5 Å². The molecule has 2 amide bonds. The van der Waals surface area contributed by atoms with Gasteiger partial charge in [0, 0.05) is 45.3 Å². The number of nitrogens with zero attached hydrogens (tertiary/aromatic N) is 3. The highest BCUT2D eigenvalue weighted by molar-refractivity contribution is 6.07. The van der Waals surface area contributed by atoms with Crippen molar-refractivity contribution in [2.75, 3.05) is 25.0 Å². The molecule has 2 fully saturated rings. The van der Waals surface area contributed by atoms with Crippen molar-refractivity contribution >= 4 is 28.5 Å². The molecular formula is C29H36N4O3. The summed E-state index contributed by atoms with van der Waals surface area (Å²) in [6.45, 7) is 3.95. The summed E-state index contributed by atoms with van der Waals surface area (Å²) in [7, 11) is 1.98. The summed E-state index contributed by atoms with van der Waals surface area (Å²) < 4.78 is 7.94. The van der Waals surface area contributed by atoms with Crippen molar-refractivity contribution < 1.29 is 14.3 Å². The van der Waals surface area contributed by atoms with E-state index in [4.69, 9.17) is 9.72 Å².